The molecule has 0 radical (unpaired) electrons. The Labute approximate surface area is 205 Å². The molecule has 0 bridgehead atoms. The first-order valence-electron chi connectivity index (χ1n) is 11.7. The van der Waals surface area contributed by atoms with Crippen molar-refractivity contribution >= 4 is 22.9 Å². The minimum absolute atomic E-state index is 0.0857. The molecule has 186 valence electrons. The van der Waals surface area contributed by atoms with E-state index in [4.69, 9.17) is 4.98 Å². The molecule has 5 rings (SSSR count). The van der Waals surface area contributed by atoms with Gasteiger partial charge in [0, 0.05) is 29.8 Å². The number of benzene rings is 2. The van der Waals surface area contributed by atoms with Crippen LogP contribution in [0.3, 0.4) is 0 Å². The van der Waals surface area contributed by atoms with Gasteiger partial charge >= 0.3 is 6.18 Å². The lowest BCUT2D eigenvalue weighted by Gasteiger charge is -2.13. The summed E-state index contributed by atoms with van der Waals surface area (Å²) in [4.78, 5) is 26.1. The number of halogens is 3. The molecule has 1 amide bonds. The van der Waals surface area contributed by atoms with E-state index in [1.807, 2.05) is 18.4 Å². The first-order valence-corrected chi connectivity index (χ1v) is 11.7. The molecule has 36 heavy (non-hydrogen) atoms. The number of nitrogens with one attached hydrogen (secondary N) is 2. The van der Waals surface area contributed by atoms with E-state index in [9.17, 15) is 18.0 Å². The standard InChI is InChI=1S/C26H25F3N6O/c1-15(2)35-14-31-21-23(30-13-16-4-3-5-19(12-16)26(27,28)29)33-22(34-24(21)35)17-6-8-18(9-7-17)25(36)32-20-10-11-20/h3-9,12,14-15,20H,10-11,13H2,1-2H3,(H,32,36)(H,30,33,34). The molecule has 1 saturated carbocycles. The summed E-state index contributed by atoms with van der Waals surface area (Å²) in [5.41, 5.74) is 2.16. The van der Waals surface area contributed by atoms with E-state index in [-0.39, 0.29) is 24.5 Å². The summed E-state index contributed by atoms with van der Waals surface area (Å²) in [6.45, 7) is 4.14. The molecule has 0 atom stereocenters. The van der Waals surface area contributed by atoms with Crippen LogP contribution in [0.25, 0.3) is 22.6 Å². The Hall–Kier alpha value is -3.95. The summed E-state index contributed by atoms with van der Waals surface area (Å²) < 4.78 is 41.3. The quantitative estimate of drug-likeness (QED) is 0.350. The molecule has 4 aromatic rings. The lowest BCUT2D eigenvalue weighted by molar-refractivity contribution is -0.137. The smallest absolute Gasteiger partial charge is 0.364 e. The van der Waals surface area contributed by atoms with E-state index in [2.05, 4.69) is 20.6 Å². The van der Waals surface area contributed by atoms with Gasteiger partial charge in [0.1, 0.15) is 5.52 Å². The number of rotatable bonds is 7. The normalized spacial score (nSPS) is 13.8. The maximum Gasteiger partial charge on any atom is 0.416 e. The van der Waals surface area contributed by atoms with Crippen LogP contribution in [0.1, 0.15) is 54.2 Å². The van der Waals surface area contributed by atoms with Gasteiger partial charge in [-0.15, -0.1) is 0 Å². The van der Waals surface area contributed by atoms with Crippen molar-refractivity contribution in [3.8, 4) is 11.4 Å². The fourth-order valence-electron chi connectivity index (χ4n) is 3.86. The van der Waals surface area contributed by atoms with Gasteiger partial charge in [0.15, 0.2) is 17.3 Å². The van der Waals surface area contributed by atoms with E-state index >= 15 is 0 Å². The number of imidazole rings is 1. The SMILES string of the molecule is CC(C)n1cnc2c(NCc3cccc(C(F)(F)F)c3)nc(-c3ccc(C(=O)NC4CC4)cc3)nc21. The van der Waals surface area contributed by atoms with Crippen LogP contribution in [0.5, 0.6) is 0 Å². The number of fused-ring (bicyclic) bond motifs is 1. The van der Waals surface area contributed by atoms with Crippen molar-refractivity contribution in [1.82, 2.24) is 24.8 Å². The summed E-state index contributed by atoms with van der Waals surface area (Å²) in [7, 11) is 0. The minimum atomic E-state index is -4.41. The average Bonchev–Trinajstić information content (AvgIpc) is 3.56. The Balaban J connectivity index is 1.47. The van der Waals surface area contributed by atoms with Crippen molar-refractivity contribution in [2.24, 2.45) is 0 Å². The lowest BCUT2D eigenvalue weighted by Crippen LogP contribution is -2.25. The highest BCUT2D eigenvalue weighted by atomic mass is 19.4. The number of amides is 1. The Bertz CT molecular complexity index is 1410. The average molecular weight is 495 g/mol. The molecule has 0 aliphatic heterocycles. The van der Waals surface area contributed by atoms with Crippen LogP contribution < -0.4 is 10.6 Å². The minimum Gasteiger partial charge on any atom is -0.364 e. The predicted molar refractivity (Wildman–Crippen MR) is 130 cm³/mol. The highest BCUT2D eigenvalue weighted by Gasteiger charge is 2.30. The third-order valence-corrected chi connectivity index (χ3v) is 6.01. The molecule has 2 aromatic heterocycles. The van der Waals surface area contributed by atoms with Crippen molar-refractivity contribution in [2.45, 2.75) is 51.5 Å². The summed E-state index contributed by atoms with van der Waals surface area (Å²) >= 11 is 0. The summed E-state index contributed by atoms with van der Waals surface area (Å²) in [6.07, 6.45) is -0.716. The van der Waals surface area contributed by atoms with Crippen molar-refractivity contribution in [1.29, 1.82) is 0 Å². The molecule has 1 fully saturated rings. The van der Waals surface area contributed by atoms with Crippen molar-refractivity contribution in [3.05, 3.63) is 71.5 Å². The number of hydrogen-bond acceptors (Lipinski definition) is 5. The highest BCUT2D eigenvalue weighted by Crippen LogP contribution is 2.30. The molecule has 7 nitrogen and oxygen atoms in total. The van der Waals surface area contributed by atoms with Gasteiger partial charge < -0.3 is 15.2 Å². The predicted octanol–water partition coefficient (Wildman–Crippen LogP) is 5.60. The number of carbonyl (C=O) groups excluding carboxylic acids is 1. The Morgan fingerprint density at radius 3 is 2.53 bits per heavy atom. The summed E-state index contributed by atoms with van der Waals surface area (Å²) in [5.74, 6) is 0.731. The van der Waals surface area contributed by atoms with Crippen LogP contribution in [0.15, 0.2) is 54.9 Å². The first-order chi connectivity index (χ1) is 17.2. The van der Waals surface area contributed by atoms with Crippen molar-refractivity contribution in [3.63, 3.8) is 0 Å². The molecular formula is C26H25F3N6O. The van der Waals surface area contributed by atoms with Gasteiger partial charge in [-0.05, 0) is 56.5 Å². The zero-order chi connectivity index (χ0) is 25.4. The second-order valence-corrected chi connectivity index (χ2v) is 9.19. The van der Waals surface area contributed by atoms with Gasteiger partial charge in [-0.1, -0.05) is 24.3 Å². The van der Waals surface area contributed by atoms with Crippen LogP contribution in [0, 0.1) is 0 Å². The van der Waals surface area contributed by atoms with Crippen LogP contribution in [0.4, 0.5) is 19.0 Å². The van der Waals surface area contributed by atoms with Crippen LogP contribution in [-0.4, -0.2) is 31.5 Å². The number of aromatic nitrogens is 4. The highest BCUT2D eigenvalue weighted by molar-refractivity contribution is 5.95. The van der Waals surface area contributed by atoms with Gasteiger partial charge in [-0.2, -0.15) is 13.2 Å². The summed E-state index contributed by atoms with van der Waals surface area (Å²) in [5, 5.41) is 6.11. The molecule has 1 aliphatic rings. The number of alkyl halides is 3. The first kappa shape index (κ1) is 23.8. The lowest BCUT2D eigenvalue weighted by atomic mass is 10.1. The molecule has 2 heterocycles. The van der Waals surface area contributed by atoms with Crippen LogP contribution in [0.2, 0.25) is 0 Å². The van der Waals surface area contributed by atoms with Crippen LogP contribution in [-0.2, 0) is 12.7 Å². The van der Waals surface area contributed by atoms with Crippen molar-refractivity contribution < 1.29 is 18.0 Å². The zero-order valence-corrected chi connectivity index (χ0v) is 19.8. The van der Waals surface area contributed by atoms with E-state index in [0.717, 1.165) is 25.0 Å². The fourth-order valence-corrected chi connectivity index (χ4v) is 3.86. The van der Waals surface area contributed by atoms with Gasteiger partial charge in [-0.3, -0.25) is 4.79 Å². The van der Waals surface area contributed by atoms with Gasteiger partial charge in [-0.25, -0.2) is 15.0 Å². The molecule has 1 aliphatic carbocycles. The number of hydrogen-bond donors (Lipinski definition) is 2. The third-order valence-electron chi connectivity index (χ3n) is 6.01. The molecular weight excluding hydrogens is 469 g/mol. The maximum absolute atomic E-state index is 13.1. The summed E-state index contributed by atoms with van der Waals surface area (Å²) in [6, 6.07) is 12.6. The molecule has 0 spiro atoms. The Kier molecular flexibility index (Phi) is 6.11. The van der Waals surface area contributed by atoms with E-state index < -0.39 is 11.7 Å². The molecule has 0 unspecified atom stereocenters. The Morgan fingerprint density at radius 2 is 1.86 bits per heavy atom. The van der Waals surface area contributed by atoms with Crippen LogP contribution >= 0.6 is 0 Å². The van der Waals surface area contributed by atoms with Gasteiger partial charge in [0.2, 0.25) is 0 Å². The number of anilines is 1. The monoisotopic (exact) mass is 494 g/mol. The zero-order valence-electron chi connectivity index (χ0n) is 19.8. The largest absolute Gasteiger partial charge is 0.416 e. The molecule has 0 saturated heterocycles. The maximum atomic E-state index is 13.1. The second kappa shape index (κ2) is 9.25. The van der Waals surface area contributed by atoms with E-state index in [1.54, 1.807) is 36.7 Å². The molecule has 2 N–H and O–H groups in total. The molecule has 2 aromatic carbocycles. The van der Waals surface area contributed by atoms with Gasteiger partial charge in [0.05, 0.1) is 11.9 Å². The van der Waals surface area contributed by atoms with Gasteiger partial charge in [0.25, 0.3) is 5.91 Å². The number of nitrogens with zero attached hydrogens (tertiary/aromatic N) is 4. The topological polar surface area (TPSA) is 84.7 Å². The van der Waals surface area contributed by atoms with E-state index in [0.29, 0.717) is 39.5 Å². The third kappa shape index (κ3) is 5.02. The van der Waals surface area contributed by atoms with Crippen molar-refractivity contribution in [2.75, 3.05) is 5.32 Å². The number of carbonyl (C=O) groups is 1. The molecule has 10 heteroatoms. The second-order valence-electron chi connectivity index (χ2n) is 9.19. The fraction of sp³-hybridized carbons (Fsp3) is 0.308. The Morgan fingerprint density at radius 1 is 1.11 bits per heavy atom. The van der Waals surface area contributed by atoms with E-state index in [1.165, 1.54) is 6.07 Å².